The number of carbonyl (C=O) groups excluding carboxylic acids is 2. The molecule has 2 atom stereocenters. The van der Waals surface area contributed by atoms with Gasteiger partial charge >= 0.3 is 0 Å². The first-order chi connectivity index (χ1) is 12.7. The second-order valence-electron chi connectivity index (χ2n) is 7.43. The van der Waals surface area contributed by atoms with Crippen LogP contribution in [0.5, 0.6) is 0 Å². The summed E-state index contributed by atoms with van der Waals surface area (Å²) in [5.74, 6) is -0.551. The van der Waals surface area contributed by atoms with Crippen molar-refractivity contribution in [2.75, 3.05) is 13.1 Å². The van der Waals surface area contributed by atoms with Crippen molar-refractivity contribution in [3.63, 3.8) is 0 Å². The Morgan fingerprint density at radius 3 is 2.33 bits per heavy atom. The molecular formula is C20H20N2O4S. The lowest BCUT2D eigenvalue weighted by Crippen LogP contribution is -2.47. The average Bonchev–Trinajstić information content (AvgIpc) is 2.96. The topological polar surface area (TPSA) is 83.6 Å². The highest BCUT2D eigenvalue weighted by Gasteiger charge is 2.54. The zero-order valence-electron chi connectivity index (χ0n) is 15.1. The normalized spacial score (nSPS) is 25.5. The lowest BCUT2D eigenvalue weighted by Gasteiger charge is -2.26. The summed E-state index contributed by atoms with van der Waals surface area (Å²) in [6.45, 7) is 3.71. The van der Waals surface area contributed by atoms with Gasteiger partial charge in [0, 0.05) is 18.7 Å². The molecule has 2 aromatic rings. The third-order valence-electron chi connectivity index (χ3n) is 5.56. The van der Waals surface area contributed by atoms with Gasteiger partial charge in [-0.1, -0.05) is 35.9 Å². The van der Waals surface area contributed by atoms with Crippen LogP contribution in [0.3, 0.4) is 0 Å². The van der Waals surface area contributed by atoms with Crippen LogP contribution >= 0.6 is 0 Å². The predicted molar refractivity (Wildman–Crippen MR) is 100 cm³/mol. The van der Waals surface area contributed by atoms with Crippen molar-refractivity contribution >= 4 is 21.7 Å². The van der Waals surface area contributed by atoms with Crippen LogP contribution in [0.15, 0.2) is 53.4 Å². The predicted octanol–water partition coefficient (Wildman–Crippen LogP) is 2.00. The zero-order valence-corrected chi connectivity index (χ0v) is 15.9. The number of fused-ring (bicyclic) bond motifs is 2. The second-order valence-corrected chi connectivity index (χ2v) is 9.37. The van der Waals surface area contributed by atoms with Gasteiger partial charge in [0.2, 0.25) is 10.0 Å². The Morgan fingerprint density at radius 1 is 1.04 bits per heavy atom. The molecule has 0 aliphatic carbocycles. The third kappa shape index (κ3) is 2.69. The van der Waals surface area contributed by atoms with E-state index in [0.29, 0.717) is 11.1 Å². The SMILES string of the molecule is Cc1ccc(S(=O)(=O)N2C[C@H]3NC(=O)c4ccccc4C(=O)[C@@]3(C)C2)cc1. The van der Waals surface area contributed by atoms with Crippen molar-refractivity contribution < 1.29 is 18.0 Å². The fourth-order valence-corrected chi connectivity index (χ4v) is 5.41. The number of ketones is 1. The van der Waals surface area contributed by atoms with E-state index in [1.54, 1.807) is 55.5 Å². The number of nitrogens with one attached hydrogen (secondary N) is 1. The van der Waals surface area contributed by atoms with Crippen molar-refractivity contribution in [1.29, 1.82) is 0 Å². The maximum Gasteiger partial charge on any atom is 0.252 e. The molecule has 1 fully saturated rings. The van der Waals surface area contributed by atoms with Gasteiger partial charge in [0.15, 0.2) is 5.78 Å². The van der Waals surface area contributed by atoms with Gasteiger partial charge in [0.05, 0.1) is 21.9 Å². The van der Waals surface area contributed by atoms with Crippen molar-refractivity contribution in [2.24, 2.45) is 5.41 Å². The van der Waals surface area contributed by atoms with Gasteiger partial charge in [-0.25, -0.2) is 8.42 Å². The van der Waals surface area contributed by atoms with E-state index in [0.717, 1.165) is 5.56 Å². The van der Waals surface area contributed by atoms with Gasteiger partial charge in [-0.2, -0.15) is 4.31 Å². The number of hydrogen-bond acceptors (Lipinski definition) is 4. The van der Waals surface area contributed by atoms with Gasteiger partial charge in [-0.15, -0.1) is 0 Å². The first-order valence-corrected chi connectivity index (χ1v) is 10.2. The Kier molecular flexibility index (Phi) is 3.98. The zero-order chi connectivity index (χ0) is 19.4. The Hall–Kier alpha value is -2.51. The first kappa shape index (κ1) is 17.9. The minimum atomic E-state index is -3.75. The number of benzene rings is 2. The molecule has 6 nitrogen and oxygen atoms in total. The van der Waals surface area contributed by atoms with Crippen molar-refractivity contribution in [1.82, 2.24) is 9.62 Å². The highest BCUT2D eigenvalue weighted by atomic mass is 32.2. The van der Waals surface area contributed by atoms with E-state index < -0.39 is 21.5 Å². The molecule has 1 amide bonds. The molecule has 0 aromatic heterocycles. The molecule has 0 radical (unpaired) electrons. The van der Waals surface area contributed by atoms with Gasteiger partial charge in [-0.3, -0.25) is 9.59 Å². The molecule has 2 aliphatic rings. The number of aryl methyl sites for hydroxylation is 1. The minimum absolute atomic E-state index is 0.0291. The van der Waals surface area contributed by atoms with E-state index in [9.17, 15) is 18.0 Å². The summed E-state index contributed by atoms with van der Waals surface area (Å²) >= 11 is 0. The molecule has 4 rings (SSSR count). The number of carbonyl (C=O) groups is 2. The fraction of sp³-hybridized carbons (Fsp3) is 0.300. The van der Waals surface area contributed by atoms with E-state index in [2.05, 4.69) is 5.32 Å². The summed E-state index contributed by atoms with van der Waals surface area (Å²) in [7, 11) is -3.75. The van der Waals surface area contributed by atoms with Crippen molar-refractivity contribution in [2.45, 2.75) is 24.8 Å². The minimum Gasteiger partial charge on any atom is -0.347 e. The maximum atomic E-state index is 13.2. The molecule has 7 heteroatoms. The van der Waals surface area contributed by atoms with Crippen LogP contribution < -0.4 is 5.32 Å². The molecule has 2 aromatic carbocycles. The summed E-state index contributed by atoms with van der Waals surface area (Å²) in [6.07, 6.45) is 0. The Bertz CT molecular complexity index is 1050. The quantitative estimate of drug-likeness (QED) is 0.858. The first-order valence-electron chi connectivity index (χ1n) is 8.75. The van der Waals surface area contributed by atoms with Crippen LogP contribution in [-0.2, 0) is 10.0 Å². The molecule has 0 bridgehead atoms. The largest absolute Gasteiger partial charge is 0.347 e. The summed E-state index contributed by atoms with van der Waals surface area (Å²) in [5.41, 5.74) is 0.632. The molecule has 0 saturated carbocycles. The van der Waals surface area contributed by atoms with E-state index in [1.165, 1.54) is 4.31 Å². The van der Waals surface area contributed by atoms with Crippen LogP contribution in [0.2, 0.25) is 0 Å². The van der Waals surface area contributed by atoms with E-state index in [-0.39, 0.29) is 29.7 Å². The number of Topliss-reactive ketones (excluding diaryl/α,β-unsaturated/α-hetero) is 1. The van der Waals surface area contributed by atoms with E-state index >= 15 is 0 Å². The maximum absolute atomic E-state index is 13.2. The van der Waals surface area contributed by atoms with Crippen molar-refractivity contribution in [3.05, 3.63) is 65.2 Å². The van der Waals surface area contributed by atoms with Gasteiger partial charge in [0.1, 0.15) is 0 Å². The molecule has 27 heavy (non-hydrogen) atoms. The Balaban J connectivity index is 1.73. The Labute approximate surface area is 158 Å². The van der Waals surface area contributed by atoms with Crippen LogP contribution in [0, 0.1) is 12.3 Å². The molecule has 1 N–H and O–H groups in total. The van der Waals surface area contributed by atoms with Crippen LogP contribution in [-0.4, -0.2) is 43.5 Å². The van der Waals surface area contributed by atoms with Gasteiger partial charge < -0.3 is 5.32 Å². The lowest BCUT2D eigenvalue weighted by atomic mass is 9.78. The molecule has 2 heterocycles. The van der Waals surface area contributed by atoms with E-state index in [1.807, 2.05) is 6.92 Å². The average molecular weight is 384 g/mol. The van der Waals surface area contributed by atoms with Gasteiger partial charge in [-0.05, 0) is 32.0 Å². The second kappa shape index (κ2) is 6.00. The van der Waals surface area contributed by atoms with Crippen LogP contribution in [0.1, 0.15) is 33.2 Å². The summed E-state index contributed by atoms with van der Waals surface area (Å²) in [6, 6.07) is 12.7. The third-order valence-corrected chi connectivity index (χ3v) is 7.39. The molecule has 0 spiro atoms. The molecular weight excluding hydrogens is 364 g/mol. The number of hydrogen-bond donors (Lipinski definition) is 1. The molecule has 2 aliphatic heterocycles. The molecule has 1 saturated heterocycles. The smallest absolute Gasteiger partial charge is 0.252 e. The highest BCUT2D eigenvalue weighted by molar-refractivity contribution is 7.89. The van der Waals surface area contributed by atoms with Crippen LogP contribution in [0.25, 0.3) is 0 Å². The van der Waals surface area contributed by atoms with Crippen molar-refractivity contribution in [3.8, 4) is 0 Å². The monoisotopic (exact) mass is 384 g/mol. The summed E-state index contributed by atoms with van der Waals surface area (Å²) in [5, 5.41) is 2.86. The Morgan fingerprint density at radius 2 is 1.67 bits per heavy atom. The highest BCUT2D eigenvalue weighted by Crippen LogP contribution is 2.39. The molecule has 140 valence electrons. The standard InChI is InChI=1S/C20H20N2O4S/c1-13-7-9-14(10-8-13)27(25,26)22-11-17-20(2,12-22)18(23)15-5-3-4-6-16(15)19(24)21-17/h3-10,17H,11-12H2,1-2H3,(H,21,24)/t17-,20+/m1/s1. The number of sulfonamides is 1. The van der Waals surface area contributed by atoms with Crippen LogP contribution in [0.4, 0.5) is 0 Å². The summed E-state index contributed by atoms with van der Waals surface area (Å²) < 4.78 is 27.4. The molecule has 0 unspecified atom stereocenters. The number of rotatable bonds is 2. The summed E-state index contributed by atoms with van der Waals surface area (Å²) in [4.78, 5) is 26.0. The van der Waals surface area contributed by atoms with E-state index in [4.69, 9.17) is 0 Å². The fourth-order valence-electron chi connectivity index (χ4n) is 3.85. The lowest BCUT2D eigenvalue weighted by molar-refractivity contribution is 0.0796. The van der Waals surface area contributed by atoms with Gasteiger partial charge in [0.25, 0.3) is 5.91 Å². The number of amides is 1. The number of nitrogens with zero attached hydrogens (tertiary/aromatic N) is 1.